The number of hydrogen-bond acceptors (Lipinski definition) is 5. The monoisotopic (exact) mass is 328 g/mol. The topological polar surface area (TPSA) is 85.6 Å². The van der Waals surface area contributed by atoms with Crippen LogP contribution in [0.4, 0.5) is 13.2 Å². The number of rotatable bonds is 5. The van der Waals surface area contributed by atoms with Crippen LogP contribution in [0.1, 0.15) is 24.1 Å². The Labute approximate surface area is 130 Å². The van der Waals surface area contributed by atoms with Gasteiger partial charge in [-0.2, -0.15) is 18.3 Å². The van der Waals surface area contributed by atoms with E-state index in [9.17, 15) is 18.0 Å². The minimum Gasteiger partial charge on any atom is -0.349 e. The van der Waals surface area contributed by atoms with Crippen LogP contribution in [0.25, 0.3) is 0 Å². The molecule has 0 saturated carbocycles. The third-order valence-corrected chi connectivity index (χ3v) is 2.99. The molecule has 2 aromatic heterocycles. The molecule has 1 atom stereocenters. The second-order valence-corrected chi connectivity index (χ2v) is 5.04. The Bertz CT molecular complexity index is 671. The highest BCUT2D eigenvalue weighted by Gasteiger charge is 2.33. The van der Waals surface area contributed by atoms with E-state index in [1.165, 1.54) is 24.3 Å². The fourth-order valence-corrected chi connectivity index (χ4v) is 1.89. The van der Waals surface area contributed by atoms with E-state index in [0.29, 0.717) is 6.54 Å². The number of alkyl halides is 3. The van der Waals surface area contributed by atoms with Gasteiger partial charge in [0.1, 0.15) is 24.2 Å². The SMILES string of the molecule is Cc1cc(C(F)(F)F)nc(CNC(=O)C(C)Cn2cncn2)n1. The summed E-state index contributed by atoms with van der Waals surface area (Å²) in [6.45, 7) is 3.25. The van der Waals surface area contributed by atoms with Crippen LogP contribution in [0, 0.1) is 12.8 Å². The Kier molecular flexibility index (Phi) is 4.92. The summed E-state index contributed by atoms with van der Waals surface area (Å²) in [7, 11) is 0. The van der Waals surface area contributed by atoms with Gasteiger partial charge in [-0.1, -0.05) is 6.92 Å². The summed E-state index contributed by atoms with van der Waals surface area (Å²) in [5.41, 5.74) is -0.836. The van der Waals surface area contributed by atoms with Gasteiger partial charge < -0.3 is 5.32 Å². The number of aryl methyl sites for hydroxylation is 1. The van der Waals surface area contributed by atoms with Crippen molar-refractivity contribution in [1.82, 2.24) is 30.0 Å². The number of amides is 1. The first kappa shape index (κ1) is 16.8. The van der Waals surface area contributed by atoms with Crippen molar-refractivity contribution in [2.45, 2.75) is 33.1 Å². The molecule has 2 rings (SSSR count). The molecule has 0 aliphatic heterocycles. The zero-order valence-electron chi connectivity index (χ0n) is 12.5. The number of carbonyl (C=O) groups excluding carboxylic acids is 1. The molecule has 0 bridgehead atoms. The van der Waals surface area contributed by atoms with Crippen LogP contribution >= 0.6 is 0 Å². The van der Waals surface area contributed by atoms with Crippen molar-refractivity contribution in [3.8, 4) is 0 Å². The second-order valence-electron chi connectivity index (χ2n) is 5.04. The van der Waals surface area contributed by atoms with Crippen LogP contribution in [0.2, 0.25) is 0 Å². The lowest BCUT2D eigenvalue weighted by Crippen LogP contribution is -2.32. The molecule has 0 saturated heterocycles. The highest BCUT2D eigenvalue weighted by atomic mass is 19.4. The lowest BCUT2D eigenvalue weighted by molar-refractivity contribution is -0.141. The summed E-state index contributed by atoms with van der Waals surface area (Å²) in [6, 6.07) is 0.860. The first-order chi connectivity index (χ1) is 10.8. The van der Waals surface area contributed by atoms with Gasteiger partial charge in [0.2, 0.25) is 5.91 Å². The summed E-state index contributed by atoms with van der Waals surface area (Å²) in [6.07, 6.45) is -1.72. The van der Waals surface area contributed by atoms with E-state index in [-0.39, 0.29) is 24.0 Å². The summed E-state index contributed by atoms with van der Waals surface area (Å²) in [5, 5.41) is 6.41. The van der Waals surface area contributed by atoms with Crippen LogP contribution in [-0.4, -0.2) is 30.6 Å². The van der Waals surface area contributed by atoms with Gasteiger partial charge in [0, 0.05) is 5.69 Å². The van der Waals surface area contributed by atoms with Crippen molar-refractivity contribution < 1.29 is 18.0 Å². The van der Waals surface area contributed by atoms with Crippen molar-refractivity contribution >= 4 is 5.91 Å². The molecule has 0 aromatic carbocycles. The molecule has 10 heteroatoms. The molecule has 2 heterocycles. The highest BCUT2D eigenvalue weighted by molar-refractivity contribution is 5.78. The van der Waals surface area contributed by atoms with E-state index in [0.717, 1.165) is 6.07 Å². The molecular formula is C13H15F3N6O. The van der Waals surface area contributed by atoms with Crippen molar-refractivity contribution in [3.63, 3.8) is 0 Å². The van der Waals surface area contributed by atoms with Crippen LogP contribution < -0.4 is 5.32 Å². The van der Waals surface area contributed by atoms with Crippen LogP contribution in [0.5, 0.6) is 0 Å². The zero-order chi connectivity index (χ0) is 17.0. The third kappa shape index (κ3) is 4.73. The molecule has 0 radical (unpaired) electrons. The predicted octanol–water partition coefficient (Wildman–Crippen LogP) is 1.35. The number of carbonyl (C=O) groups is 1. The Morgan fingerprint density at radius 3 is 2.74 bits per heavy atom. The summed E-state index contributed by atoms with van der Waals surface area (Å²) in [5.74, 6) is -0.846. The van der Waals surface area contributed by atoms with E-state index >= 15 is 0 Å². The van der Waals surface area contributed by atoms with Crippen molar-refractivity contribution in [2.24, 2.45) is 5.92 Å². The molecule has 1 amide bonds. The fourth-order valence-electron chi connectivity index (χ4n) is 1.89. The predicted molar refractivity (Wildman–Crippen MR) is 72.8 cm³/mol. The van der Waals surface area contributed by atoms with E-state index in [4.69, 9.17) is 0 Å². The van der Waals surface area contributed by atoms with Gasteiger partial charge in [-0.15, -0.1) is 0 Å². The van der Waals surface area contributed by atoms with Gasteiger partial charge in [-0.25, -0.2) is 15.0 Å². The van der Waals surface area contributed by atoms with E-state index in [1.54, 1.807) is 6.92 Å². The number of hydrogen-bond donors (Lipinski definition) is 1. The Hall–Kier alpha value is -2.52. The zero-order valence-corrected chi connectivity index (χ0v) is 12.5. The Morgan fingerprint density at radius 1 is 1.39 bits per heavy atom. The lowest BCUT2D eigenvalue weighted by Gasteiger charge is -2.12. The average Bonchev–Trinajstić information content (AvgIpc) is 2.96. The first-order valence-electron chi connectivity index (χ1n) is 6.77. The van der Waals surface area contributed by atoms with Crippen LogP contribution in [0.15, 0.2) is 18.7 Å². The molecule has 124 valence electrons. The maximum absolute atomic E-state index is 12.7. The average molecular weight is 328 g/mol. The minimum absolute atomic E-state index is 0.0846. The maximum Gasteiger partial charge on any atom is 0.433 e. The van der Waals surface area contributed by atoms with Crippen LogP contribution in [0.3, 0.4) is 0 Å². The van der Waals surface area contributed by atoms with Gasteiger partial charge in [-0.05, 0) is 13.0 Å². The van der Waals surface area contributed by atoms with Gasteiger partial charge in [-0.3, -0.25) is 9.48 Å². The van der Waals surface area contributed by atoms with Crippen LogP contribution in [-0.2, 0) is 24.1 Å². The summed E-state index contributed by atoms with van der Waals surface area (Å²) in [4.78, 5) is 23.1. The molecule has 0 aliphatic rings. The summed E-state index contributed by atoms with van der Waals surface area (Å²) >= 11 is 0. The molecule has 23 heavy (non-hydrogen) atoms. The molecule has 1 N–H and O–H groups in total. The lowest BCUT2D eigenvalue weighted by atomic mass is 10.1. The Morgan fingerprint density at radius 2 is 2.13 bits per heavy atom. The van der Waals surface area contributed by atoms with Crippen molar-refractivity contribution in [3.05, 3.63) is 35.9 Å². The number of nitrogens with one attached hydrogen (secondary N) is 1. The molecule has 7 nitrogen and oxygen atoms in total. The van der Waals surface area contributed by atoms with Crippen molar-refractivity contribution in [1.29, 1.82) is 0 Å². The maximum atomic E-state index is 12.7. The van der Waals surface area contributed by atoms with Gasteiger partial charge in [0.05, 0.1) is 19.0 Å². The smallest absolute Gasteiger partial charge is 0.349 e. The Balaban J connectivity index is 1.97. The summed E-state index contributed by atoms with van der Waals surface area (Å²) < 4.78 is 39.6. The highest BCUT2D eigenvalue weighted by Crippen LogP contribution is 2.27. The first-order valence-corrected chi connectivity index (χ1v) is 6.77. The van der Waals surface area contributed by atoms with E-state index in [1.807, 2.05) is 0 Å². The normalized spacial score (nSPS) is 12.9. The molecule has 0 spiro atoms. The van der Waals surface area contributed by atoms with E-state index in [2.05, 4.69) is 25.4 Å². The standard InChI is InChI=1S/C13H15F3N6O/c1-8(5-22-7-17-6-19-22)12(23)18-4-11-20-9(2)3-10(21-11)13(14,15)16/h3,6-8H,4-5H2,1-2H3,(H,18,23). The second kappa shape index (κ2) is 6.71. The largest absolute Gasteiger partial charge is 0.433 e. The third-order valence-electron chi connectivity index (χ3n) is 2.99. The molecule has 0 fully saturated rings. The molecule has 2 aromatic rings. The van der Waals surface area contributed by atoms with Gasteiger partial charge in [0.25, 0.3) is 0 Å². The van der Waals surface area contributed by atoms with Gasteiger partial charge >= 0.3 is 6.18 Å². The van der Waals surface area contributed by atoms with Crippen molar-refractivity contribution in [2.75, 3.05) is 0 Å². The van der Waals surface area contributed by atoms with Gasteiger partial charge in [0.15, 0.2) is 0 Å². The molecule has 1 unspecified atom stereocenters. The number of nitrogens with zero attached hydrogens (tertiary/aromatic N) is 5. The number of halogens is 3. The fraction of sp³-hybridized carbons (Fsp3) is 0.462. The minimum atomic E-state index is -4.55. The van der Waals surface area contributed by atoms with E-state index < -0.39 is 17.8 Å². The molecular weight excluding hydrogens is 313 g/mol. The quantitative estimate of drug-likeness (QED) is 0.895. The number of aromatic nitrogens is 5. The molecule has 0 aliphatic carbocycles.